The molecule has 3 rings (SSSR count). The van der Waals surface area contributed by atoms with Crippen molar-refractivity contribution in [3.8, 4) is 0 Å². The Kier molecular flexibility index (Phi) is 7.91. The van der Waals surface area contributed by atoms with Crippen LogP contribution in [0.15, 0.2) is 54.6 Å². The van der Waals surface area contributed by atoms with E-state index in [1.165, 1.54) is 41.5 Å². The number of quaternary nitrogens is 1. The van der Waals surface area contributed by atoms with Crippen LogP contribution in [0.1, 0.15) is 43.4 Å². The van der Waals surface area contributed by atoms with Gasteiger partial charge in [0.25, 0.3) is 0 Å². The summed E-state index contributed by atoms with van der Waals surface area (Å²) in [5.74, 6) is -0.132. The molecule has 0 atom stereocenters. The predicted octanol–water partition coefficient (Wildman–Crippen LogP) is 5.88. The summed E-state index contributed by atoms with van der Waals surface area (Å²) in [6.45, 7) is 3.78. The summed E-state index contributed by atoms with van der Waals surface area (Å²) in [5.41, 5.74) is 4.89. The maximum Gasteiger partial charge on any atom is 0.310 e. The molecular formula is C27H37N2O2+. The first kappa shape index (κ1) is 23.1. The molecule has 0 spiro atoms. The number of aromatic nitrogens is 1. The van der Waals surface area contributed by atoms with Crippen LogP contribution in [-0.4, -0.2) is 38.3 Å². The number of ether oxygens (including phenoxy) is 1. The van der Waals surface area contributed by atoms with Gasteiger partial charge < -0.3 is 9.30 Å². The van der Waals surface area contributed by atoms with Crippen LogP contribution in [0.5, 0.6) is 0 Å². The average Bonchev–Trinajstić information content (AvgIpc) is 3.05. The monoisotopic (exact) mass is 421 g/mol. The zero-order valence-electron chi connectivity index (χ0n) is 19.6. The van der Waals surface area contributed by atoms with Gasteiger partial charge in [0.1, 0.15) is 5.69 Å². The van der Waals surface area contributed by atoms with E-state index in [0.717, 1.165) is 29.4 Å². The first-order chi connectivity index (χ1) is 14.8. The fraction of sp³-hybridized carbons (Fsp3) is 0.444. The van der Waals surface area contributed by atoms with Crippen molar-refractivity contribution in [3.05, 3.63) is 65.9 Å². The van der Waals surface area contributed by atoms with Gasteiger partial charge in [0.2, 0.25) is 0 Å². The molecule has 2 aromatic carbocycles. The summed E-state index contributed by atoms with van der Waals surface area (Å²) >= 11 is 0. The molecule has 0 aliphatic carbocycles. The van der Waals surface area contributed by atoms with Crippen molar-refractivity contribution in [2.45, 2.75) is 52.0 Å². The molecule has 3 aromatic rings. The molecular weight excluding hydrogens is 384 g/mol. The molecule has 0 N–H and O–H groups in total. The molecule has 0 saturated heterocycles. The molecule has 0 aliphatic rings. The second kappa shape index (κ2) is 10.6. The number of para-hydroxylation sites is 1. The van der Waals surface area contributed by atoms with E-state index in [-0.39, 0.29) is 5.97 Å². The first-order valence-electron chi connectivity index (χ1n) is 11.5. The summed E-state index contributed by atoms with van der Waals surface area (Å²) in [6, 6.07) is 19.1. The highest BCUT2D eigenvalue weighted by Crippen LogP contribution is 2.20. The number of carbonyl (C=O) groups is 1. The molecule has 166 valence electrons. The van der Waals surface area contributed by atoms with Crippen molar-refractivity contribution < 1.29 is 9.53 Å². The van der Waals surface area contributed by atoms with E-state index in [0.29, 0.717) is 13.0 Å². The van der Waals surface area contributed by atoms with Crippen LogP contribution >= 0.6 is 0 Å². The molecule has 0 bridgehead atoms. The molecule has 31 heavy (non-hydrogen) atoms. The van der Waals surface area contributed by atoms with Crippen LogP contribution < -0.4 is 4.48 Å². The van der Waals surface area contributed by atoms with Crippen LogP contribution in [0.4, 0.5) is 5.69 Å². The number of fused-ring (bicyclic) bond motifs is 1. The summed E-state index contributed by atoms with van der Waals surface area (Å²) < 4.78 is 8.62. The summed E-state index contributed by atoms with van der Waals surface area (Å²) in [6.07, 6.45) is 5.97. The zero-order chi connectivity index (χ0) is 22.3. The molecule has 0 unspecified atom stereocenters. The van der Waals surface area contributed by atoms with Crippen LogP contribution in [0, 0.1) is 6.92 Å². The maximum atomic E-state index is 12.1. The Bertz CT molecular complexity index is 981. The van der Waals surface area contributed by atoms with E-state index in [1.807, 2.05) is 12.1 Å². The van der Waals surface area contributed by atoms with E-state index >= 15 is 0 Å². The van der Waals surface area contributed by atoms with Crippen molar-refractivity contribution in [2.24, 2.45) is 0 Å². The standard InChI is InChI=1S/C27H37N2O2/c1-22-20-24-12-8-9-13-26(24)28(22)18-10-6-5-7-11-19-31-27(30)21-23-14-16-25(17-15-23)29(2,3)4/h8-9,12-17,20H,5-7,10-11,18-19,21H2,1-4H3/q+1. The third-order valence-corrected chi connectivity index (χ3v) is 5.87. The number of esters is 1. The Morgan fingerprint density at radius 1 is 0.903 bits per heavy atom. The lowest BCUT2D eigenvalue weighted by Crippen LogP contribution is -2.34. The zero-order valence-corrected chi connectivity index (χ0v) is 19.6. The quantitative estimate of drug-likeness (QED) is 0.220. The lowest BCUT2D eigenvalue weighted by molar-refractivity contribution is -0.142. The highest BCUT2D eigenvalue weighted by atomic mass is 16.5. The molecule has 4 heteroatoms. The van der Waals surface area contributed by atoms with Crippen molar-refractivity contribution in [1.82, 2.24) is 9.05 Å². The minimum absolute atomic E-state index is 0.132. The third kappa shape index (κ3) is 6.70. The smallest absolute Gasteiger partial charge is 0.310 e. The van der Waals surface area contributed by atoms with E-state index in [4.69, 9.17) is 4.74 Å². The van der Waals surface area contributed by atoms with Gasteiger partial charge in [-0.3, -0.25) is 9.28 Å². The fourth-order valence-electron chi connectivity index (χ4n) is 4.01. The van der Waals surface area contributed by atoms with Crippen molar-refractivity contribution in [3.63, 3.8) is 0 Å². The SMILES string of the molecule is Cc1cc2ccccc2n1CCCCCCCOC(=O)Cc1ccc([N+](C)(C)C)cc1. The van der Waals surface area contributed by atoms with E-state index < -0.39 is 0 Å². The molecule has 1 aromatic heterocycles. The first-order valence-corrected chi connectivity index (χ1v) is 11.5. The van der Waals surface area contributed by atoms with Gasteiger partial charge in [-0.1, -0.05) is 49.6 Å². The van der Waals surface area contributed by atoms with Crippen LogP contribution in [-0.2, 0) is 22.5 Å². The molecule has 0 amide bonds. The van der Waals surface area contributed by atoms with Gasteiger partial charge in [0.05, 0.1) is 34.2 Å². The highest BCUT2D eigenvalue weighted by molar-refractivity contribution is 5.81. The van der Waals surface area contributed by atoms with Gasteiger partial charge in [-0.2, -0.15) is 0 Å². The molecule has 0 aliphatic heterocycles. The van der Waals surface area contributed by atoms with Crippen molar-refractivity contribution >= 4 is 22.6 Å². The highest BCUT2D eigenvalue weighted by Gasteiger charge is 2.12. The second-order valence-electron chi connectivity index (χ2n) is 9.34. The minimum atomic E-state index is -0.132. The summed E-state index contributed by atoms with van der Waals surface area (Å²) in [5, 5.41) is 1.33. The average molecular weight is 422 g/mol. The van der Waals surface area contributed by atoms with E-state index in [1.54, 1.807) is 0 Å². The normalized spacial score (nSPS) is 11.7. The number of hydrogen-bond donors (Lipinski definition) is 0. The van der Waals surface area contributed by atoms with Gasteiger partial charge in [-0.05, 0) is 55.0 Å². The lowest BCUT2D eigenvalue weighted by Gasteiger charge is -2.23. The number of hydrogen-bond acceptors (Lipinski definition) is 2. The van der Waals surface area contributed by atoms with E-state index in [2.05, 4.69) is 75.1 Å². The van der Waals surface area contributed by atoms with Crippen LogP contribution in [0.3, 0.4) is 0 Å². The number of rotatable bonds is 11. The number of carbonyl (C=O) groups excluding carboxylic acids is 1. The Balaban J connectivity index is 1.27. The molecule has 0 radical (unpaired) electrons. The Morgan fingerprint density at radius 3 is 2.32 bits per heavy atom. The predicted molar refractivity (Wildman–Crippen MR) is 130 cm³/mol. The lowest BCUT2D eigenvalue weighted by atomic mass is 10.1. The van der Waals surface area contributed by atoms with Crippen LogP contribution in [0.2, 0.25) is 0 Å². The van der Waals surface area contributed by atoms with Gasteiger partial charge >= 0.3 is 5.97 Å². The van der Waals surface area contributed by atoms with Gasteiger partial charge in [0, 0.05) is 17.8 Å². The van der Waals surface area contributed by atoms with Crippen LogP contribution in [0.25, 0.3) is 10.9 Å². The number of unbranched alkanes of at least 4 members (excludes halogenated alkanes) is 4. The Hall–Kier alpha value is -2.59. The fourth-order valence-corrected chi connectivity index (χ4v) is 4.01. The van der Waals surface area contributed by atoms with Gasteiger partial charge in [0.15, 0.2) is 0 Å². The Labute approximate surface area is 187 Å². The van der Waals surface area contributed by atoms with Gasteiger partial charge in [-0.15, -0.1) is 0 Å². The molecule has 1 heterocycles. The number of nitrogens with zero attached hydrogens (tertiary/aromatic N) is 2. The van der Waals surface area contributed by atoms with Crippen molar-refractivity contribution in [1.29, 1.82) is 0 Å². The molecule has 0 saturated carbocycles. The largest absolute Gasteiger partial charge is 0.465 e. The maximum absolute atomic E-state index is 12.1. The van der Waals surface area contributed by atoms with Gasteiger partial charge in [-0.25, -0.2) is 0 Å². The van der Waals surface area contributed by atoms with E-state index in [9.17, 15) is 4.79 Å². The molecule has 4 nitrogen and oxygen atoms in total. The summed E-state index contributed by atoms with van der Waals surface area (Å²) in [4.78, 5) is 12.1. The Morgan fingerprint density at radius 2 is 1.58 bits per heavy atom. The van der Waals surface area contributed by atoms with Crippen molar-refractivity contribution in [2.75, 3.05) is 27.7 Å². The third-order valence-electron chi connectivity index (χ3n) is 5.87. The topological polar surface area (TPSA) is 31.2 Å². The minimum Gasteiger partial charge on any atom is -0.465 e. The number of benzene rings is 2. The summed E-state index contributed by atoms with van der Waals surface area (Å²) in [7, 11) is 6.40. The molecule has 0 fully saturated rings. The second-order valence-corrected chi connectivity index (χ2v) is 9.34. The number of aryl methyl sites for hydroxylation is 2.